The average molecular weight is 274 g/mol. The standard InChI is InChI=1S/C17H22OS/c1-13-6-2-3-7-14(13)10-18-11-15-12-19-17-9-5-4-8-16(15)17/h2-5,8-9,13-15H,6-7,10-12H2,1H3. The second-order valence-corrected chi connectivity index (χ2v) is 6.83. The van der Waals surface area contributed by atoms with Gasteiger partial charge in [-0.1, -0.05) is 37.3 Å². The number of allylic oxidation sites excluding steroid dienone is 2. The molecule has 1 aliphatic carbocycles. The van der Waals surface area contributed by atoms with E-state index in [1.54, 1.807) is 0 Å². The first-order chi connectivity index (χ1) is 9.34. The summed E-state index contributed by atoms with van der Waals surface area (Å²) in [5.41, 5.74) is 1.49. The molecule has 1 aromatic carbocycles. The number of hydrogen-bond donors (Lipinski definition) is 0. The fourth-order valence-electron chi connectivity index (χ4n) is 2.97. The van der Waals surface area contributed by atoms with Gasteiger partial charge in [0.05, 0.1) is 6.61 Å². The molecule has 0 N–H and O–H groups in total. The van der Waals surface area contributed by atoms with Crippen molar-refractivity contribution < 1.29 is 4.74 Å². The molecule has 0 radical (unpaired) electrons. The van der Waals surface area contributed by atoms with Crippen molar-refractivity contribution in [3.8, 4) is 0 Å². The van der Waals surface area contributed by atoms with Gasteiger partial charge in [0.25, 0.3) is 0 Å². The van der Waals surface area contributed by atoms with Gasteiger partial charge in [-0.3, -0.25) is 0 Å². The molecule has 3 unspecified atom stereocenters. The van der Waals surface area contributed by atoms with Gasteiger partial charge in [-0.15, -0.1) is 11.8 Å². The molecule has 102 valence electrons. The lowest BCUT2D eigenvalue weighted by Crippen LogP contribution is -2.21. The first-order valence-electron chi connectivity index (χ1n) is 7.29. The fourth-order valence-corrected chi connectivity index (χ4v) is 4.20. The SMILES string of the molecule is CC1CC=CCC1COCC1CSc2ccccc21. The monoisotopic (exact) mass is 274 g/mol. The van der Waals surface area contributed by atoms with E-state index in [-0.39, 0.29) is 0 Å². The Morgan fingerprint density at radius 1 is 1.16 bits per heavy atom. The summed E-state index contributed by atoms with van der Waals surface area (Å²) < 4.78 is 6.04. The highest BCUT2D eigenvalue weighted by atomic mass is 32.2. The van der Waals surface area contributed by atoms with E-state index < -0.39 is 0 Å². The molecule has 0 spiro atoms. The Bertz CT molecular complexity index is 454. The molecule has 0 fully saturated rings. The van der Waals surface area contributed by atoms with Crippen molar-refractivity contribution in [2.45, 2.75) is 30.6 Å². The Labute approximate surface area is 120 Å². The summed E-state index contributed by atoms with van der Waals surface area (Å²) in [6, 6.07) is 8.76. The van der Waals surface area contributed by atoms with Gasteiger partial charge in [0.15, 0.2) is 0 Å². The highest BCUT2D eigenvalue weighted by Crippen LogP contribution is 2.39. The van der Waals surface area contributed by atoms with E-state index in [1.807, 2.05) is 11.8 Å². The van der Waals surface area contributed by atoms with Crippen molar-refractivity contribution in [3.05, 3.63) is 42.0 Å². The van der Waals surface area contributed by atoms with Crippen LogP contribution in [0.4, 0.5) is 0 Å². The van der Waals surface area contributed by atoms with Crippen LogP contribution in [-0.2, 0) is 4.74 Å². The Balaban J connectivity index is 1.50. The molecule has 1 nitrogen and oxygen atoms in total. The molecule has 0 amide bonds. The predicted molar refractivity (Wildman–Crippen MR) is 81.8 cm³/mol. The van der Waals surface area contributed by atoms with Gasteiger partial charge in [0.2, 0.25) is 0 Å². The maximum absolute atomic E-state index is 6.04. The van der Waals surface area contributed by atoms with Crippen molar-refractivity contribution in [2.24, 2.45) is 11.8 Å². The van der Waals surface area contributed by atoms with E-state index in [0.29, 0.717) is 11.8 Å². The van der Waals surface area contributed by atoms with Crippen LogP contribution in [0, 0.1) is 11.8 Å². The number of hydrogen-bond acceptors (Lipinski definition) is 2. The molecule has 0 saturated heterocycles. The number of rotatable bonds is 4. The quantitative estimate of drug-likeness (QED) is 0.748. The number of fused-ring (bicyclic) bond motifs is 1. The number of thioether (sulfide) groups is 1. The molecule has 0 bridgehead atoms. The molecule has 2 aliphatic rings. The summed E-state index contributed by atoms with van der Waals surface area (Å²) in [6.07, 6.45) is 7.03. The van der Waals surface area contributed by atoms with Gasteiger partial charge < -0.3 is 4.74 Å². The zero-order chi connectivity index (χ0) is 13.1. The third-order valence-electron chi connectivity index (χ3n) is 4.37. The third-order valence-corrected chi connectivity index (χ3v) is 5.62. The maximum Gasteiger partial charge on any atom is 0.0543 e. The van der Waals surface area contributed by atoms with Gasteiger partial charge >= 0.3 is 0 Å². The first-order valence-corrected chi connectivity index (χ1v) is 8.27. The normalized spacial score (nSPS) is 29.4. The molecule has 0 saturated carbocycles. The van der Waals surface area contributed by atoms with Crippen molar-refractivity contribution in [1.29, 1.82) is 0 Å². The van der Waals surface area contributed by atoms with Gasteiger partial charge in [-0.25, -0.2) is 0 Å². The van der Waals surface area contributed by atoms with E-state index in [1.165, 1.54) is 29.1 Å². The largest absolute Gasteiger partial charge is 0.380 e. The molecule has 1 aromatic rings. The van der Waals surface area contributed by atoms with Crippen LogP contribution < -0.4 is 0 Å². The zero-order valence-corrected chi connectivity index (χ0v) is 12.4. The molecule has 0 aromatic heterocycles. The molecular formula is C17H22OS. The van der Waals surface area contributed by atoms with Crippen LogP contribution in [-0.4, -0.2) is 19.0 Å². The molecular weight excluding hydrogens is 252 g/mol. The first kappa shape index (κ1) is 13.3. The second-order valence-electron chi connectivity index (χ2n) is 5.76. The summed E-state index contributed by atoms with van der Waals surface area (Å²) in [4.78, 5) is 1.45. The Morgan fingerprint density at radius 2 is 2.00 bits per heavy atom. The van der Waals surface area contributed by atoms with Gasteiger partial charge in [-0.2, -0.15) is 0 Å². The summed E-state index contributed by atoms with van der Waals surface area (Å²) in [5.74, 6) is 3.26. The average Bonchev–Trinajstić information content (AvgIpc) is 2.85. The van der Waals surface area contributed by atoms with Crippen LogP contribution in [0.2, 0.25) is 0 Å². The van der Waals surface area contributed by atoms with Crippen molar-refractivity contribution in [1.82, 2.24) is 0 Å². The van der Waals surface area contributed by atoms with Crippen LogP contribution in [0.5, 0.6) is 0 Å². The van der Waals surface area contributed by atoms with E-state index >= 15 is 0 Å². The highest BCUT2D eigenvalue weighted by molar-refractivity contribution is 7.99. The molecule has 3 atom stereocenters. The topological polar surface area (TPSA) is 9.23 Å². The van der Waals surface area contributed by atoms with Crippen LogP contribution >= 0.6 is 11.8 Å². The number of ether oxygens (including phenoxy) is 1. The van der Waals surface area contributed by atoms with Crippen molar-refractivity contribution in [3.63, 3.8) is 0 Å². The van der Waals surface area contributed by atoms with Gasteiger partial charge in [0, 0.05) is 23.2 Å². The van der Waals surface area contributed by atoms with Gasteiger partial charge in [0.1, 0.15) is 0 Å². The lowest BCUT2D eigenvalue weighted by atomic mass is 9.85. The summed E-state index contributed by atoms with van der Waals surface area (Å²) in [6.45, 7) is 4.16. The lowest BCUT2D eigenvalue weighted by Gasteiger charge is -2.25. The fraction of sp³-hybridized carbons (Fsp3) is 0.529. The minimum atomic E-state index is 0.593. The van der Waals surface area contributed by atoms with E-state index in [9.17, 15) is 0 Å². The molecule has 1 aliphatic heterocycles. The minimum absolute atomic E-state index is 0.593. The zero-order valence-electron chi connectivity index (χ0n) is 11.5. The maximum atomic E-state index is 6.04. The summed E-state index contributed by atoms with van der Waals surface area (Å²) >= 11 is 1.97. The molecule has 19 heavy (non-hydrogen) atoms. The van der Waals surface area contributed by atoms with Crippen LogP contribution in [0.1, 0.15) is 31.2 Å². The third kappa shape index (κ3) is 3.06. The van der Waals surface area contributed by atoms with Crippen LogP contribution in [0.15, 0.2) is 41.3 Å². The molecule has 2 heteroatoms. The van der Waals surface area contributed by atoms with Crippen LogP contribution in [0.25, 0.3) is 0 Å². The number of benzene rings is 1. The van der Waals surface area contributed by atoms with E-state index in [4.69, 9.17) is 4.74 Å². The summed E-state index contributed by atoms with van der Waals surface area (Å²) in [7, 11) is 0. The second kappa shape index (κ2) is 6.15. The Hall–Kier alpha value is -0.730. The smallest absolute Gasteiger partial charge is 0.0543 e. The molecule has 1 heterocycles. The molecule has 3 rings (SSSR count). The Kier molecular flexibility index (Phi) is 4.29. The van der Waals surface area contributed by atoms with Crippen LogP contribution in [0.3, 0.4) is 0 Å². The highest BCUT2D eigenvalue weighted by Gasteiger charge is 2.24. The predicted octanol–water partition coefficient (Wildman–Crippen LogP) is 4.49. The Morgan fingerprint density at radius 3 is 2.89 bits per heavy atom. The lowest BCUT2D eigenvalue weighted by molar-refractivity contribution is 0.0726. The van der Waals surface area contributed by atoms with E-state index in [0.717, 1.165) is 19.1 Å². The van der Waals surface area contributed by atoms with Crippen molar-refractivity contribution in [2.75, 3.05) is 19.0 Å². The van der Waals surface area contributed by atoms with E-state index in [2.05, 4.69) is 43.3 Å². The van der Waals surface area contributed by atoms with Gasteiger partial charge in [-0.05, 0) is 36.3 Å². The minimum Gasteiger partial charge on any atom is -0.380 e. The van der Waals surface area contributed by atoms with Crippen molar-refractivity contribution >= 4 is 11.8 Å². The summed E-state index contributed by atoms with van der Waals surface area (Å²) in [5, 5.41) is 0.